The fourth-order valence-corrected chi connectivity index (χ4v) is 7.26. The van der Waals surface area contributed by atoms with Gasteiger partial charge in [0.25, 0.3) is 0 Å². The normalized spacial score (nSPS) is 23.3. The molecule has 2 saturated heterocycles. The summed E-state index contributed by atoms with van der Waals surface area (Å²) < 4.78 is 11.8. The van der Waals surface area contributed by atoms with Crippen LogP contribution in [-0.2, 0) is 28.7 Å². The van der Waals surface area contributed by atoms with Crippen LogP contribution in [-0.4, -0.2) is 122 Å². The van der Waals surface area contributed by atoms with Gasteiger partial charge in [-0.05, 0) is 37.8 Å². The second-order valence-corrected chi connectivity index (χ2v) is 14.1. The van der Waals surface area contributed by atoms with Gasteiger partial charge in [0, 0.05) is 27.3 Å². The second kappa shape index (κ2) is 18.2. The van der Waals surface area contributed by atoms with Gasteiger partial charge in [-0.2, -0.15) is 0 Å². The number of carbonyl (C=O) groups is 4. The zero-order valence-corrected chi connectivity index (χ0v) is 30.9. The number of amides is 4. The molecule has 13 heteroatoms. The number of hydrogen-bond acceptors (Lipinski definition) is 9. The molecular formula is C36H60N6O7. The van der Waals surface area contributed by atoms with Crippen LogP contribution in [0.25, 0.3) is 0 Å². The van der Waals surface area contributed by atoms with Gasteiger partial charge >= 0.3 is 0 Å². The summed E-state index contributed by atoms with van der Waals surface area (Å²) in [6.07, 6.45) is -0.867. The monoisotopic (exact) mass is 688 g/mol. The van der Waals surface area contributed by atoms with Gasteiger partial charge in [-0.25, -0.2) is 0 Å². The quantitative estimate of drug-likeness (QED) is 0.135. The minimum atomic E-state index is -0.879. The molecule has 0 radical (unpaired) electrons. The first-order valence-corrected chi connectivity index (χ1v) is 17.6. The molecular weight excluding hydrogens is 628 g/mol. The Morgan fingerprint density at radius 2 is 1.69 bits per heavy atom. The van der Waals surface area contributed by atoms with Crippen molar-refractivity contribution in [2.75, 3.05) is 34.9 Å². The number of aliphatic hydroxyl groups is 1. The van der Waals surface area contributed by atoms with Gasteiger partial charge in [0.15, 0.2) is 0 Å². The Hall–Kier alpha value is -3.10. The van der Waals surface area contributed by atoms with Crippen molar-refractivity contribution in [2.24, 2.45) is 17.8 Å². The van der Waals surface area contributed by atoms with Crippen LogP contribution in [0.4, 0.5) is 0 Å². The molecule has 0 saturated carbocycles. The zero-order chi connectivity index (χ0) is 36.6. The Bertz CT molecular complexity index is 1250. The predicted molar refractivity (Wildman–Crippen MR) is 187 cm³/mol. The number of carbonyl (C=O) groups excluding carboxylic acids is 4. The van der Waals surface area contributed by atoms with Crippen LogP contribution in [0.3, 0.4) is 0 Å². The van der Waals surface area contributed by atoms with E-state index in [9.17, 15) is 24.3 Å². The number of benzene rings is 1. The maximum absolute atomic E-state index is 14.1. The van der Waals surface area contributed by atoms with Crippen molar-refractivity contribution in [3.05, 3.63) is 35.9 Å². The molecule has 3 rings (SSSR count). The second-order valence-electron chi connectivity index (χ2n) is 14.1. The summed E-state index contributed by atoms with van der Waals surface area (Å²) in [5.41, 5.74) is 0.707. The molecule has 11 atom stereocenters. The summed E-state index contributed by atoms with van der Waals surface area (Å²) >= 11 is 0. The van der Waals surface area contributed by atoms with Crippen molar-refractivity contribution < 1.29 is 33.8 Å². The van der Waals surface area contributed by atoms with E-state index in [1.165, 1.54) is 0 Å². The molecule has 2 aliphatic heterocycles. The first kappa shape index (κ1) is 40.3. The fourth-order valence-electron chi connectivity index (χ4n) is 7.26. The smallest absolute Gasteiger partial charge is 0.242 e. The number of methoxy groups -OCH3 is 2. The first-order valence-electron chi connectivity index (χ1n) is 17.6. The number of aliphatic hydroxyl groups excluding tert-OH is 1. The van der Waals surface area contributed by atoms with Gasteiger partial charge in [0.1, 0.15) is 0 Å². The predicted octanol–water partition coefficient (Wildman–Crippen LogP) is 1.41. The third-order valence-electron chi connectivity index (χ3n) is 10.4. The van der Waals surface area contributed by atoms with Gasteiger partial charge in [-0.15, -0.1) is 0 Å². The molecule has 2 heterocycles. The zero-order valence-electron chi connectivity index (χ0n) is 30.9. The molecule has 2 aliphatic rings. The number of likely N-dealkylation sites (N-methyl/N-ethyl adjacent to an activating group) is 2. The van der Waals surface area contributed by atoms with Gasteiger partial charge in [-0.1, -0.05) is 71.4 Å². The lowest BCUT2D eigenvalue weighted by Crippen LogP contribution is -2.56. The largest absolute Gasteiger partial charge is 0.386 e. The number of ether oxygens (including phenoxy) is 2. The molecule has 2 fully saturated rings. The van der Waals surface area contributed by atoms with Crippen molar-refractivity contribution in [1.82, 2.24) is 31.1 Å². The summed E-state index contributed by atoms with van der Waals surface area (Å²) in [4.78, 5) is 57.1. The van der Waals surface area contributed by atoms with E-state index in [1.807, 2.05) is 58.0 Å². The SMILES string of the molecule is CC[C@H](C)[C@@H]([C@@H](CC(=O)N1[C@H]([C@H](OC)[C@@H](C)C(=O)N[C@H](C)[C@@H](O)c2ccccc2)C[C@@H]2N[C@@H]21)OC)N(C)C(=O)CNC(=O)[C@@H](NC)C(C)C. The van der Waals surface area contributed by atoms with E-state index in [2.05, 4.69) is 21.3 Å². The molecule has 1 aromatic rings. The highest BCUT2D eigenvalue weighted by molar-refractivity contribution is 5.87. The molecule has 0 aliphatic carbocycles. The van der Waals surface area contributed by atoms with E-state index in [0.29, 0.717) is 12.0 Å². The lowest BCUT2D eigenvalue weighted by Gasteiger charge is -2.40. The molecule has 276 valence electrons. The van der Waals surface area contributed by atoms with E-state index in [4.69, 9.17) is 9.47 Å². The van der Waals surface area contributed by atoms with E-state index in [-0.39, 0.29) is 66.7 Å². The van der Waals surface area contributed by atoms with Crippen molar-refractivity contribution in [2.45, 2.75) is 115 Å². The van der Waals surface area contributed by atoms with E-state index in [0.717, 1.165) is 6.42 Å². The van der Waals surface area contributed by atoms with Crippen LogP contribution < -0.4 is 21.3 Å². The van der Waals surface area contributed by atoms with Crippen LogP contribution in [0.2, 0.25) is 0 Å². The molecule has 13 nitrogen and oxygen atoms in total. The van der Waals surface area contributed by atoms with Crippen molar-refractivity contribution in [1.29, 1.82) is 0 Å². The van der Waals surface area contributed by atoms with E-state index in [1.54, 1.807) is 52.0 Å². The number of fused-ring (bicyclic) bond motifs is 1. The average molecular weight is 689 g/mol. The van der Waals surface area contributed by atoms with Crippen LogP contribution >= 0.6 is 0 Å². The van der Waals surface area contributed by atoms with Gasteiger partial charge in [0.05, 0.1) is 67.5 Å². The van der Waals surface area contributed by atoms with Crippen LogP contribution in [0.5, 0.6) is 0 Å². The molecule has 1 aromatic carbocycles. The summed E-state index contributed by atoms with van der Waals surface area (Å²) in [5, 5.41) is 22.8. The van der Waals surface area contributed by atoms with Gasteiger partial charge in [-0.3, -0.25) is 24.5 Å². The molecule has 49 heavy (non-hydrogen) atoms. The van der Waals surface area contributed by atoms with Gasteiger partial charge < -0.3 is 40.3 Å². The molecule has 0 aromatic heterocycles. The number of nitrogens with zero attached hydrogens (tertiary/aromatic N) is 2. The van der Waals surface area contributed by atoms with Crippen molar-refractivity contribution in [3.8, 4) is 0 Å². The minimum absolute atomic E-state index is 0.00651. The lowest BCUT2D eigenvalue weighted by molar-refractivity contribution is -0.147. The number of likely N-dealkylation sites (tertiary alicyclic amines) is 1. The van der Waals surface area contributed by atoms with E-state index >= 15 is 0 Å². The number of rotatable bonds is 19. The Morgan fingerprint density at radius 1 is 1.04 bits per heavy atom. The highest BCUT2D eigenvalue weighted by Gasteiger charge is 2.57. The Labute approximate surface area is 292 Å². The Balaban J connectivity index is 1.71. The first-order chi connectivity index (χ1) is 23.2. The fraction of sp³-hybridized carbons (Fsp3) is 0.722. The summed E-state index contributed by atoms with van der Waals surface area (Å²) in [7, 11) is 6.49. The third-order valence-corrected chi connectivity index (χ3v) is 10.4. The molecule has 4 amide bonds. The van der Waals surface area contributed by atoms with Crippen LogP contribution in [0.15, 0.2) is 30.3 Å². The molecule has 0 spiro atoms. The van der Waals surface area contributed by atoms with Gasteiger partial charge in [0.2, 0.25) is 23.6 Å². The van der Waals surface area contributed by atoms with Crippen molar-refractivity contribution >= 4 is 23.6 Å². The Morgan fingerprint density at radius 3 is 2.24 bits per heavy atom. The standard InChI is InChI=1S/C36H60N6O7/c1-11-21(4)31(41(8)29(44)19-38-36(47)30(37-7)20(2)3)27(48-9)18-28(43)42-26(17-25-34(42)40-25)33(49-10)22(5)35(46)39-23(6)32(45)24-15-13-12-14-16-24/h12-16,20-23,25-27,30-34,37,40,45H,11,17-19H2,1-10H3,(H,38,47)(H,39,46)/t21-,22+,23+,25-,26-,27+,30-,31-,32+,33+,34+/m0/s1. The molecule has 0 unspecified atom stereocenters. The summed E-state index contributed by atoms with van der Waals surface area (Å²) in [5.74, 6) is -1.53. The third kappa shape index (κ3) is 9.78. The van der Waals surface area contributed by atoms with E-state index < -0.39 is 42.4 Å². The number of hydrogen-bond donors (Lipinski definition) is 5. The lowest BCUT2D eigenvalue weighted by atomic mass is 9.90. The Kier molecular flexibility index (Phi) is 15.0. The highest BCUT2D eigenvalue weighted by Crippen LogP contribution is 2.38. The molecule has 0 bridgehead atoms. The molecule has 5 N–H and O–H groups in total. The van der Waals surface area contributed by atoms with Crippen LogP contribution in [0, 0.1) is 17.8 Å². The number of nitrogens with one attached hydrogen (secondary N) is 4. The average Bonchev–Trinajstić information content (AvgIpc) is 3.75. The van der Waals surface area contributed by atoms with Crippen LogP contribution in [0.1, 0.15) is 72.5 Å². The summed E-state index contributed by atoms with van der Waals surface area (Å²) in [6, 6.07) is 7.52. The topological polar surface area (TPSA) is 171 Å². The highest BCUT2D eigenvalue weighted by atomic mass is 16.5. The summed E-state index contributed by atoms with van der Waals surface area (Å²) in [6.45, 7) is 11.3. The maximum atomic E-state index is 14.1. The van der Waals surface area contributed by atoms with Crippen molar-refractivity contribution in [3.63, 3.8) is 0 Å². The minimum Gasteiger partial charge on any atom is -0.386 e. The maximum Gasteiger partial charge on any atom is 0.242 e.